The van der Waals surface area contributed by atoms with Gasteiger partial charge in [0, 0.05) is 12.0 Å². The zero-order chi connectivity index (χ0) is 18.1. The van der Waals surface area contributed by atoms with Gasteiger partial charge in [-0.25, -0.2) is 0 Å². The first-order chi connectivity index (χ1) is 12.2. The highest BCUT2D eigenvalue weighted by atomic mass is 32.1. The lowest BCUT2D eigenvalue weighted by Crippen LogP contribution is -2.07. The molecular formula is C19H25N3O2S. The topological polar surface area (TPSA) is 64.1 Å². The van der Waals surface area contributed by atoms with E-state index in [1.54, 1.807) is 6.08 Å². The van der Waals surface area contributed by atoms with Gasteiger partial charge in [0.1, 0.15) is 10.8 Å². The second-order valence-corrected chi connectivity index (χ2v) is 6.71. The average Bonchev–Trinajstić information content (AvgIpc) is 3.08. The molecule has 0 saturated carbocycles. The van der Waals surface area contributed by atoms with Gasteiger partial charge < -0.3 is 4.74 Å². The maximum absolute atomic E-state index is 12.0. The van der Waals surface area contributed by atoms with Crippen LogP contribution < -0.4 is 10.1 Å². The molecule has 0 fully saturated rings. The van der Waals surface area contributed by atoms with Crippen LogP contribution in [0, 0.1) is 0 Å². The molecule has 0 bridgehead atoms. The predicted molar refractivity (Wildman–Crippen MR) is 103 cm³/mol. The normalized spacial score (nSPS) is 11.2. The van der Waals surface area contributed by atoms with Crippen LogP contribution in [0.15, 0.2) is 30.3 Å². The summed E-state index contributed by atoms with van der Waals surface area (Å²) in [5.41, 5.74) is 0.939. The molecule has 1 N–H and O–H groups in total. The van der Waals surface area contributed by atoms with Gasteiger partial charge in [-0.15, -0.1) is 10.2 Å². The van der Waals surface area contributed by atoms with E-state index >= 15 is 0 Å². The number of carbonyl (C=O) groups excluding carboxylic acids is 1. The summed E-state index contributed by atoms with van der Waals surface area (Å²) in [6.07, 6.45) is 6.29. The van der Waals surface area contributed by atoms with Gasteiger partial charge in [0.25, 0.3) is 0 Å². The first-order valence-electron chi connectivity index (χ1n) is 8.71. The Morgan fingerprint density at radius 3 is 2.56 bits per heavy atom. The summed E-state index contributed by atoms with van der Waals surface area (Å²) in [6, 6.07) is 7.65. The molecular weight excluding hydrogens is 334 g/mol. The van der Waals surface area contributed by atoms with Crippen molar-refractivity contribution in [3.8, 4) is 5.75 Å². The second-order valence-electron chi connectivity index (χ2n) is 5.70. The van der Waals surface area contributed by atoms with E-state index in [9.17, 15) is 4.79 Å². The standard InChI is InChI=1S/C19H25N3O2S/c1-4-13-24-16-10-7-14(8-11-16)9-12-17(23)20-19-22-21-18(25-19)15(5-2)6-3/h7-12,15H,4-6,13H2,1-3H3,(H,20,22,23)/b12-9+. The minimum absolute atomic E-state index is 0.210. The van der Waals surface area contributed by atoms with E-state index in [0.29, 0.717) is 17.7 Å². The van der Waals surface area contributed by atoms with Crippen LogP contribution in [-0.2, 0) is 4.79 Å². The fourth-order valence-corrected chi connectivity index (χ4v) is 3.32. The van der Waals surface area contributed by atoms with E-state index in [1.807, 2.05) is 24.3 Å². The second kappa shape index (κ2) is 9.93. The summed E-state index contributed by atoms with van der Waals surface area (Å²) < 4.78 is 5.54. The van der Waals surface area contributed by atoms with Crippen molar-refractivity contribution < 1.29 is 9.53 Å². The summed E-state index contributed by atoms with van der Waals surface area (Å²) in [5.74, 6) is 1.04. The number of nitrogens with one attached hydrogen (secondary N) is 1. The Hall–Kier alpha value is -2.21. The molecule has 6 heteroatoms. The van der Waals surface area contributed by atoms with Crippen molar-refractivity contribution in [2.24, 2.45) is 0 Å². The lowest BCUT2D eigenvalue weighted by molar-refractivity contribution is -0.111. The van der Waals surface area contributed by atoms with Crippen LogP contribution in [0.4, 0.5) is 5.13 Å². The van der Waals surface area contributed by atoms with Crippen LogP contribution in [-0.4, -0.2) is 22.7 Å². The Kier molecular flexibility index (Phi) is 7.60. The molecule has 1 aromatic carbocycles. The maximum atomic E-state index is 12.0. The number of hydrogen-bond donors (Lipinski definition) is 1. The summed E-state index contributed by atoms with van der Waals surface area (Å²) in [7, 11) is 0. The Labute approximate surface area is 153 Å². The third-order valence-corrected chi connectivity index (χ3v) is 4.79. The van der Waals surface area contributed by atoms with Gasteiger partial charge >= 0.3 is 0 Å². The Morgan fingerprint density at radius 1 is 1.20 bits per heavy atom. The van der Waals surface area contributed by atoms with Gasteiger partial charge in [-0.3, -0.25) is 10.1 Å². The van der Waals surface area contributed by atoms with Gasteiger partial charge in [0.15, 0.2) is 0 Å². The Morgan fingerprint density at radius 2 is 1.92 bits per heavy atom. The summed E-state index contributed by atoms with van der Waals surface area (Å²) in [5, 5.41) is 12.5. The van der Waals surface area contributed by atoms with Crippen molar-refractivity contribution in [2.75, 3.05) is 11.9 Å². The number of ether oxygens (including phenoxy) is 1. The molecule has 0 atom stereocenters. The lowest BCUT2D eigenvalue weighted by atomic mass is 10.1. The van der Waals surface area contributed by atoms with E-state index in [2.05, 4.69) is 36.3 Å². The molecule has 134 valence electrons. The van der Waals surface area contributed by atoms with Crippen molar-refractivity contribution in [1.29, 1.82) is 0 Å². The predicted octanol–water partition coefficient (Wildman–Crippen LogP) is 4.88. The van der Waals surface area contributed by atoms with Crippen molar-refractivity contribution in [1.82, 2.24) is 10.2 Å². The fraction of sp³-hybridized carbons (Fsp3) is 0.421. The molecule has 1 amide bonds. The monoisotopic (exact) mass is 359 g/mol. The first-order valence-corrected chi connectivity index (χ1v) is 9.53. The van der Waals surface area contributed by atoms with Crippen LogP contribution >= 0.6 is 11.3 Å². The van der Waals surface area contributed by atoms with Crippen LogP contribution in [0.1, 0.15) is 56.5 Å². The van der Waals surface area contributed by atoms with E-state index in [1.165, 1.54) is 17.4 Å². The molecule has 0 aliphatic rings. The Bertz CT molecular complexity index is 691. The molecule has 5 nitrogen and oxygen atoms in total. The molecule has 25 heavy (non-hydrogen) atoms. The number of anilines is 1. The number of amides is 1. The number of benzene rings is 1. The minimum Gasteiger partial charge on any atom is -0.494 e. The molecule has 1 heterocycles. The largest absolute Gasteiger partial charge is 0.494 e. The van der Waals surface area contributed by atoms with Gasteiger partial charge in [0.2, 0.25) is 11.0 Å². The number of rotatable bonds is 9. The smallest absolute Gasteiger partial charge is 0.250 e. The molecule has 0 aliphatic heterocycles. The van der Waals surface area contributed by atoms with Gasteiger partial charge in [0.05, 0.1) is 6.61 Å². The SMILES string of the molecule is CCCOc1ccc(/C=C/C(=O)Nc2nnc(C(CC)CC)s2)cc1. The third-order valence-electron chi connectivity index (χ3n) is 3.79. The van der Waals surface area contributed by atoms with Crippen molar-refractivity contribution in [3.05, 3.63) is 40.9 Å². The molecule has 0 spiro atoms. The summed E-state index contributed by atoms with van der Waals surface area (Å²) >= 11 is 1.45. The van der Waals surface area contributed by atoms with Crippen LogP contribution in [0.25, 0.3) is 6.08 Å². The van der Waals surface area contributed by atoms with Gasteiger partial charge in [-0.05, 0) is 43.0 Å². The van der Waals surface area contributed by atoms with E-state index in [4.69, 9.17) is 4.74 Å². The highest BCUT2D eigenvalue weighted by Gasteiger charge is 2.13. The first kappa shape index (κ1) is 19.1. The molecule has 0 radical (unpaired) electrons. The van der Waals surface area contributed by atoms with E-state index in [-0.39, 0.29) is 5.91 Å². The number of aromatic nitrogens is 2. The summed E-state index contributed by atoms with van der Waals surface area (Å²) in [6.45, 7) is 7.05. The number of nitrogens with zero attached hydrogens (tertiary/aromatic N) is 2. The van der Waals surface area contributed by atoms with Crippen molar-refractivity contribution >= 4 is 28.5 Å². The molecule has 2 rings (SSSR count). The number of hydrogen-bond acceptors (Lipinski definition) is 5. The average molecular weight is 359 g/mol. The van der Waals surface area contributed by atoms with Crippen LogP contribution in [0.2, 0.25) is 0 Å². The molecule has 0 aliphatic carbocycles. The van der Waals surface area contributed by atoms with Crippen LogP contribution in [0.5, 0.6) is 5.75 Å². The quantitative estimate of drug-likeness (QED) is 0.648. The van der Waals surface area contributed by atoms with E-state index in [0.717, 1.165) is 35.6 Å². The highest BCUT2D eigenvalue weighted by molar-refractivity contribution is 7.15. The zero-order valence-corrected chi connectivity index (χ0v) is 15.8. The summed E-state index contributed by atoms with van der Waals surface area (Å²) in [4.78, 5) is 12.0. The van der Waals surface area contributed by atoms with Gasteiger partial charge in [-0.2, -0.15) is 0 Å². The lowest BCUT2D eigenvalue weighted by Gasteiger charge is -2.05. The fourth-order valence-electron chi connectivity index (χ4n) is 2.30. The van der Waals surface area contributed by atoms with E-state index < -0.39 is 0 Å². The molecule has 0 unspecified atom stereocenters. The number of carbonyl (C=O) groups is 1. The highest BCUT2D eigenvalue weighted by Crippen LogP contribution is 2.28. The van der Waals surface area contributed by atoms with Crippen molar-refractivity contribution in [3.63, 3.8) is 0 Å². The third kappa shape index (κ3) is 5.98. The van der Waals surface area contributed by atoms with Crippen LogP contribution in [0.3, 0.4) is 0 Å². The van der Waals surface area contributed by atoms with Gasteiger partial charge in [-0.1, -0.05) is 44.2 Å². The molecule has 2 aromatic rings. The minimum atomic E-state index is -0.210. The maximum Gasteiger partial charge on any atom is 0.250 e. The van der Waals surface area contributed by atoms with Crippen molar-refractivity contribution in [2.45, 2.75) is 46.0 Å². The molecule has 1 aromatic heterocycles. The molecule has 0 saturated heterocycles. The Balaban J connectivity index is 1.90. The zero-order valence-electron chi connectivity index (χ0n) is 15.0.